The maximum absolute atomic E-state index is 5.75. The highest BCUT2D eigenvalue weighted by Crippen LogP contribution is 2.36. The van der Waals surface area contributed by atoms with Gasteiger partial charge in [0.2, 0.25) is 0 Å². The van der Waals surface area contributed by atoms with Gasteiger partial charge in [0, 0.05) is 5.69 Å². The van der Waals surface area contributed by atoms with Gasteiger partial charge in [-0.2, -0.15) is 0 Å². The van der Waals surface area contributed by atoms with E-state index in [0.717, 1.165) is 21.1 Å². The summed E-state index contributed by atoms with van der Waals surface area (Å²) in [6.07, 6.45) is 1.01. The summed E-state index contributed by atoms with van der Waals surface area (Å²) in [6.45, 7) is 7.29. The Kier molecular flexibility index (Phi) is 4.68. The predicted molar refractivity (Wildman–Crippen MR) is 75.8 cm³/mol. The molecule has 0 radical (unpaired) electrons. The molecule has 0 amide bonds. The molecule has 0 unspecified atom stereocenters. The van der Waals surface area contributed by atoms with Crippen LogP contribution in [0.3, 0.4) is 0 Å². The van der Waals surface area contributed by atoms with E-state index < -0.39 is 0 Å². The van der Waals surface area contributed by atoms with Crippen LogP contribution in [0.5, 0.6) is 5.75 Å². The first-order valence-corrected chi connectivity index (χ1v) is 6.75. The molecule has 0 aromatic heterocycles. The summed E-state index contributed by atoms with van der Waals surface area (Å²) in [6, 6.07) is 3.69. The van der Waals surface area contributed by atoms with Crippen LogP contribution in [0.4, 0.5) is 5.69 Å². The fourth-order valence-electron chi connectivity index (χ4n) is 1.18. The van der Waals surface area contributed by atoms with Crippen molar-refractivity contribution < 1.29 is 4.74 Å². The number of nitrogens with two attached hydrogens (primary N) is 1. The Hall–Kier alpha value is -0.220. The predicted octanol–water partition coefficient (Wildman–Crippen LogP) is 4.61. The number of hydrogen-bond acceptors (Lipinski definition) is 2. The first-order chi connectivity index (χ1) is 7.29. The summed E-state index contributed by atoms with van der Waals surface area (Å²) in [4.78, 5) is 0. The van der Waals surface area contributed by atoms with Gasteiger partial charge in [-0.05, 0) is 55.8 Å². The van der Waals surface area contributed by atoms with Crippen molar-refractivity contribution in [2.75, 3.05) is 12.3 Å². The van der Waals surface area contributed by atoms with Crippen LogP contribution in [0.1, 0.15) is 27.2 Å². The minimum absolute atomic E-state index is 0.284. The second kappa shape index (κ2) is 5.41. The number of hydrogen-bond donors (Lipinski definition) is 1. The van der Waals surface area contributed by atoms with Crippen LogP contribution in [-0.2, 0) is 0 Å². The van der Waals surface area contributed by atoms with Crippen LogP contribution < -0.4 is 10.5 Å². The lowest BCUT2D eigenvalue weighted by molar-refractivity contribution is 0.241. The zero-order valence-corrected chi connectivity index (χ0v) is 13.0. The zero-order chi connectivity index (χ0) is 12.3. The maximum atomic E-state index is 5.75. The largest absolute Gasteiger partial charge is 0.491 e. The molecule has 0 atom stereocenters. The molecule has 0 fully saturated rings. The Morgan fingerprint density at radius 1 is 1.19 bits per heavy atom. The van der Waals surface area contributed by atoms with E-state index >= 15 is 0 Å². The zero-order valence-electron chi connectivity index (χ0n) is 9.81. The minimum Gasteiger partial charge on any atom is -0.491 e. The molecule has 0 heterocycles. The summed E-state index contributed by atoms with van der Waals surface area (Å²) in [5.41, 5.74) is 6.71. The van der Waals surface area contributed by atoms with Crippen molar-refractivity contribution in [1.82, 2.24) is 0 Å². The Balaban J connectivity index is 2.68. The monoisotopic (exact) mass is 349 g/mol. The van der Waals surface area contributed by atoms with Crippen molar-refractivity contribution in [2.45, 2.75) is 27.2 Å². The van der Waals surface area contributed by atoms with Gasteiger partial charge in [-0.15, -0.1) is 0 Å². The van der Waals surface area contributed by atoms with E-state index in [2.05, 4.69) is 52.6 Å². The molecule has 0 saturated carbocycles. The van der Waals surface area contributed by atoms with Crippen LogP contribution in [0, 0.1) is 5.41 Å². The lowest BCUT2D eigenvalue weighted by Gasteiger charge is -2.19. The van der Waals surface area contributed by atoms with E-state index in [0.29, 0.717) is 12.3 Å². The molecule has 0 saturated heterocycles. The van der Waals surface area contributed by atoms with Gasteiger partial charge in [0.1, 0.15) is 5.75 Å². The second-order valence-electron chi connectivity index (χ2n) is 4.97. The van der Waals surface area contributed by atoms with E-state index in [1.807, 2.05) is 12.1 Å². The number of ether oxygens (including phenoxy) is 1. The SMILES string of the molecule is CC(C)(C)CCOc1c(Br)cc(N)cc1Br. The average molecular weight is 351 g/mol. The van der Waals surface area contributed by atoms with Crippen molar-refractivity contribution in [3.63, 3.8) is 0 Å². The van der Waals surface area contributed by atoms with Crippen molar-refractivity contribution in [3.8, 4) is 5.75 Å². The Morgan fingerprint density at radius 2 is 1.69 bits per heavy atom. The van der Waals surface area contributed by atoms with Gasteiger partial charge in [-0.3, -0.25) is 0 Å². The molecule has 1 aromatic rings. The molecule has 0 spiro atoms. The first kappa shape index (κ1) is 13.8. The quantitative estimate of drug-likeness (QED) is 0.808. The van der Waals surface area contributed by atoms with Gasteiger partial charge >= 0.3 is 0 Å². The first-order valence-electron chi connectivity index (χ1n) is 5.17. The Bertz CT molecular complexity index is 349. The molecule has 4 heteroatoms. The molecule has 90 valence electrons. The van der Waals surface area contributed by atoms with E-state index in [1.54, 1.807) is 0 Å². The third-order valence-electron chi connectivity index (χ3n) is 2.12. The van der Waals surface area contributed by atoms with Crippen LogP contribution >= 0.6 is 31.9 Å². The summed E-state index contributed by atoms with van der Waals surface area (Å²) in [7, 11) is 0. The molecule has 0 bridgehead atoms. The number of anilines is 1. The van der Waals surface area contributed by atoms with Gasteiger partial charge < -0.3 is 10.5 Å². The van der Waals surface area contributed by atoms with Crippen molar-refractivity contribution >= 4 is 37.5 Å². The van der Waals surface area contributed by atoms with Crippen molar-refractivity contribution in [3.05, 3.63) is 21.1 Å². The number of benzene rings is 1. The average Bonchev–Trinajstić information content (AvgIpc) is 2.07. The topological polar surface area (TPSA) is 35.2 Å². The summed E-state index contributed by atoms with van der Waals surface area (Å²) in [5, 5.41) is 0. The smallest absolute Gasteiger partial charge is 0.147 e. The van der Waals surface area contributed by atoms with Gasteiger partial charge in [0.05, 0.1) is 15.6 Å². The van der Waals surface area contributed by atoms with Crippen LogP contribution in [0.2, 0.25) is 0 Å². The molecular formula is C12H17Br2NO. The fourth-order valence-corrected chi connectivity index (χ4v) is 2.63. The molecule has 16 heavy (non-hydrogen) atoms. The van der Waals surface area contributed by atoms with Crippen LogP contribution in [0.25, 0.3) is 0 Å². The van der Waals surface area contributed by atoms with Crippen molar-refractivity contribution in [1.29, 1.82) is 0 Å². The minimum atomic E-state index is 0.284. The lowest BCUT2D eigenvalue weighted by atomic mass is 9.93. The molecule has 2 N–H and O–H groups in total. The van der Waals surface area contributed by atoms with E-state index in [9.17, 15) is 0 Å². The summed E-state index contributed by atoms with van der Waals surface area (Å²) in [5.74, 6) is 0.818. The molecule has 0 aliphatic carbocycles. The van der Waals surface area contributed by atoms with Crippen LogP contribution in [-0.4, -0.2) is 6.61 Å². The Labute approximate surface area is 114 Å². The van der Waals surface area contributed by atoms with Gasteiger partial charge in [0.25, 0.3) is 0 Å². The normalized spacial score (nSPS) is 11.6. The molecule has 0 aliphatic heterocycles. The highest BCUT2D eigenvalue weighted by Gasteiger charge is 2.12. The lowest BCUT2D eigenvalue weighted by Crippen LogP contribution is -2.11. The standard InChI is InChI=1S/C12H17Br2NO/c1-12(2,3)4-5-16-11-9(13)6-8(15)7-10(11)14/h6-7H,4-5,15H2,1-3H3. The maximum Gasteiger partial charge on any atom is 0.147 e. The number of nitrogen functional groups attached to an aromatic ring is 1. The van der Waals surface area contributed by atoms with Gasteiger partial charge in [0.15, 0.2) is 0 Å². The van der Waals surface area contributed by atoms with Crippen LogP contribution in [0.15, 0.2) is 21.1 Å². The third-order valence-corrected chi connectivity index (χ3v) is 3.30. The number of halogens is 2. The van der Waals surface area contributed by atoms with E-state index in [1.165, 1.54) is 0 Å². The van der Waals surface area contributed by atoms with Crippen molar-refractivity contribution in [2.24, 2.45) is 5.41 Å². The summed E-state index contributed by atoms with van der Waals surface area (Å²) < 4.78 is 7.51. The number of rotatable bonds is 3. The van der Waals surface area contributed by atoms with Gasteiger partial charge in [-0.25, -0.2) is 0 Å². The molecule has 1 aromatic carbocycles. The van der Waals surface area contributed by atoms with Gasteiger partial charge in [-0.1, -0.05) is 20.8 Å². The third kappa shape index (κ3) is 4.34. The van der Waals surface area contributed by atoms with E-state index in [4.69, 9.17) is 10.5 Å². The highest BCUT2D eigenvalue weighted by molar-refractivity contribution is 9.11. The van der Waals surface area contributed by atoms with E-state index in [-0.39, 0.29) is 5.41 Å². The Morgan fingerprint density at radius 3 is 2.12 bits per heavy atom. The fraction of sp³-hybridized carbons (Fsp3) is 0.500. The second-order valence-corrected chi connectivity index (χ2v) is 6.68. The highest BCUT2D eigenvalue weighted by atomic mass is 79.9. The summed E-state index contributed by atoms with van der Waals surface area (Å²) >= 11 is 6.89. The molecular weight excluding hydrogens is 334 g/mol. The molecule has 1 rings (SSSR count). The molecule has 0 aliphatic rings. The molecule has 2 nitrogen and oxygen atoms in total.